The van der Waals surface area contributed by atoms with Crippen molar-refractivity contribution >= 4 is 44.8 Å². The topological polar surface area (TPSA) is 98.5 Å². The van der Waals surface area contributed by atoms with Gasteiger partial charge in [0.25, 0.3) is 0 Å². The molecule has 116 valence electrons. The second-order valence-electron chi connectivity index (χ2n) is 4.69. The van der Waals surface area contributed by atoms with Gasteiger partial charge in [-0.2, -0.15) is 0 Å². The summed E-state index contributed by atoms with van der Waals surface area (Å²) in [5.74, 6) is -0.297. The summed E-state index contributed by atoms with van der Waals surface area (Å²) in [4.78, 5) is 11.7. The highest BCUT2D eigenvalue weighted by atomic mass is 35.5. The molecule has 9 heteroatoms. The van der Waals surface area contributed by atoms with Gasteiger partial charge >= 0.3 is 0 Å². The minimum absolute atomic E-state index is 0.00668. The van der Waals surface area contributed by atoms with Crippen molar-refractivity contribution in [3.05, 3.63) is 22.2 Å². The van der Waals surface area contributed by atoms with Gasteiger partial charge in [0.1, 0.15) is 0 Å². The van der Waals surface area contributed by atoms with E-state index in [0.29, 0.717) is 6.61 Å². The summed E-state index contributed by atoms with van der Waals surface area (Å²) in [5.41, 5.74) is 0.161. The van der Waals surface area contributed by atoms with Crippen LogP contribution in [0.5, 0.6) is 0 Å². The first-order valence-corrected chi connectivity index (χ1v) is 8.51. The zero-order valence-corrected chi connectivity index (χ0v) is 13.3. The SMILES string of the molecule is NS(=O)(=O)c1cc(Cl)c(NC(=O)CC2CCCO2)c(Cl)c1. The Morgan fingerprint density at radius 3 is 2.48 bits per heavy atom. The maximum absolute atomic E-state index is 11.9. The smallest absolute Gasteiger partial charge is 0.238 e. The van der Waals surface area contributed by atoms with Crippen LogP contribution in [0.4, 0.5) is 5.69 Å². The number of benzene rings is 1. The maximum atomic E-state index is 11.9. The summed E-state index contributed by atoms with van der Waals surface area (Å²) < 4.78 is 27.9. The Balaban J connectivity index is 2.14. The molecule has 6 nitrogen and oxygen atoms in total. The highest BCUT2D eigenvalue weighted by molar-refractivity contribution is 7.89. The number of carbonyl (C=O) groups excluding carboxylic acids is 1. The summed E-state index contributed by atoms with van der Waals surface area (Å²) in [7, 11) is -3.91. The van der Waals surface area contributed by atoms with Crippen LogP contribution in [0.25, 0.3) is 0 Å². The lowest BCUT2D eigenvalue weighted by Gasteiger charge is -2.13. The molecule has 21 heavy (non-hydrogen) atoms. The normalized spacial score (nSPS) is 18.7. The first-order valence-electron chi connectivity index (χ1n) is 6.20. The number of sulfonamides is 1. The average Bonchev–Trinajstić information content (AvgIpc) is 2.85. The Morgan fingerprint density at radius 2 is 2.00 bits per heavy atom. The number of nitrogens with two attached hydrogens (primary N) is 1. The molecule has 1 atom stereocenters. The molecule has 1 fully saturated rings. The molecule has 1 aromatic rings. The Bertz CT molecular complexity index is 634. The number of rotatable bonds is 4. The van der Waals surface area contributed by atoms with Crippen LogP contribution in [0, 0.1) is 0 Å². The molecular formula is C12H14Cl2N2O4S. The lowest BCUT2D eigenvalue weighted by atomic mass is 10.2. The van der Waals surface area contributed by atoms with Crippen molar-refractivity contribution in [2.45, 2.75) is 30.3 Å². The maximum Gasteiger partial charge on any atom is 0.238 e. The number of primary sulfonamides is 1. The number of carbonyl (C=O) groups is 1. The van der Waals surface area contributed by atoms with E-state index in [1.807, 2.05) is 0 Å². The van der Waals surface area contributed by atoms with E-state index in [4.69, 9.17) is 33.1 Å². The molecule has 0 aliphatic carbocycles. The molecule has 0 aromatic heterocycles. The van der Waals surface area contributed by atoms with Crippen molar-refractivity contribution in [2.24, 2.45) is 5.14 Å². The van der Waals surface area contributed by atoms with E-state index >= 15 is 0 Å². The Morgan fingerprint density at radius 1 is 1.38 bits per heavy atom. The molecule has 1 amide bonds. The van der Waals surface area contributed by atoms with E-state index in [9.17, 15) is 13.2 Å². The van der Waals surface area contributed by atoms with Crippen molar-refractivity contribution < 1.29 is 17.9 Å². The fraction of sp³-hybridized carbons (Fsp3) is 0.417. The Kier molecular flexibility index (Phi) is 5.11. The molecule has 2 rings (SSSR count). The third kappa shape index (κ3) is 4.31. The number of anilines is 1. The van der Waals surface area contributed by atoms with E-state index in [2.05, 4.69) is 5.32 Å². The summed E-state index contributed by atoms with van der Waals surface area (Å²) in [6, 6.07) is 2.29. The standard InChI is InChI=1S/C12H14Cl2N2O4S/c13-9-5-8(21(15,18)19)6-10(14)12(9)16-11(17)4-7-2-1-3-20-7/h5-7H,1-4H2,(H,16,17)(H2,15,18,19). The minimum atomic E-state index is -3.91. The number of ether oxygens (including phenoxy) is 1. The van der Waals surface area contributed by atoms with Gasteiger partial charge in [0, 0.05) is 6.61 Å². The second-order valence-corrected chi connectivity index (χ2v) is 7.07. The quantitative estimate of drug-likeness (QED) is 0.866. The second kappa shape index (κ2) is 6.50. The Hall–Kier alpha value is -0.860. The molecule has 1 aromatic carbocycles. The van der Waals surface area contributed by atoms with Crippen LogP contribution < -0.4 is 10.5 Å². The van der Waals surface area contributed by atoms with Gasteiger partial charge in [-0.15, -0.1) is 0 Å². The van der Waals surface area contributed by atoms with Crippen molar-refractivity contribution in [3.63, 3.8) is 0 Å². The number of amides is 1. The van der Waals surface area contributed by atoms with E-state index in [-0.39, 0.29) is 39.1 Å². The van der Waals surface area contributed by atoms with Gasteiger partial charge in [-0.05, 0) is 25.0 Å². The average molecular weight is 353 g/mol. The van der Waals surface area contributed by atoms with Gasteiger partial charge in [-0.1, -0.05) is 23.2 Å². The molecule has 1 aliphatic rings. The molecule has 0 spiro atoms. The van der Waals surface area contributed by atoms with Crippen molar-refractivity contribution in [1.82, 2.24) is 0 Å². The van der Waals surface area contributed by atoms with Crippen molar-refractivity contribution in [2.75, 3.05) is 11.9 Å². The first-order chi connectivity index (χ1) is 9.77. The zero-order valence-electron chi connectivity index (χ0n) is 10.9. The van der Waals surface area contributed by atoms with Crippen molar-refractivity contribution in [3.8, 4) is 0 Å². The lowest BCUT2D eigenvalue weighted by Crippen LogP contribution is -2.20. The molecule has 1 heterocycles. The van der Waals surface area contributed by atoms with Gasteiger partial charge in [-0.25, -0.2) is 13.6 Å². The van der Waals surface area contributed by atoms with Crippen LogP contribution in [0.2, 0.25) is 10.0 Å². The van der Waals surface area contributed by atoms with Crippen LogP contribution in [-0.4, -0.2) is 27.0 Å². The third-order valence-corrected chi connectivity index (χ3v) is 4.53. The van der Waals surface area contributed by atoms with Gasteiger partial charge in [0.05, 0.1) is 33.2 Å². The van der Waals surface area contributed by atoms with Crippen LogP contribution in [0.1, 0.15) is 19.3 Å². The highest BCUT2D eigenvalue weighted by Crippen LogP contribution is 2.33. The van der Waals surface area contributed by atoms with Crippen LogP contribution >= 0.6 is 23.2 Å². The van der Waals surface area contributed by atoms with Gasteiger partial charge in [0.2, 0.25) is 15.9 Å². The molecule has 1 unspecified atom stereocenters. The predicted molar refractivity (Wildman–Crippen MR) is 80.1 cm³/mol. The van der Waals surface area contributed by atoms with E-state index in [1.54, 1.807) is 0 Å². The third-order valence-electron chi connectivity index (χ3n) is 3.05. The van der Waals surface area contributed by atoms with E-state index in [0.717, 1.165) is 25.0 Å². The minimum Gasteiger partial charge on any atom is -0.378 e. The van der Waals surface area contributed by atoms with Gasteiger partial charge in [0.15, 0.2) is 0 Å². The van der Waals surface area contributed by atoms with Gasteiger partial charge in [-0.3, -0.25) is 4.79 Å². The van der Waals surface area contributed by atoms with E-state index in [1.165, 1.54) is 0 Å². The number of halogens is 2. The largest absolute Gasteiger partial charge is 0.378 e. The number of hydrogen-bond donors (Lipinski definition) is 2. The number of nitrogens with one attached hydrogen (secondary N) is 1. The summed E-state index contributed by atoms with van der Waals surface area (Å²) in [6.07, 6.45) is 1.86. The summed E-state index contributed by atoms with van der Waals surface area (Å²) >= 11 is 11.9. The molecule has 0 radical (unpaired) electrons. The summed E-state index contributed by atoms with van der Waals surface area (Å²) in [6.45, 7) is 0.655. The lowest BCUT2D eigenvalue weighted by molar-refractivity contribution is -0.118. The van der Waals surface area contributed by atoms with Crippen LogP contribution in [0.3, 0.4) is 0 Å². The highest BCUT2D eigenvalue weighted by Gasteiger charge is 2.21. The fourth-order valence-electron chi connectivity index (χ4n) is 2.04. The fourth-order valence-corrected chi connectivity index (χ4v) is 3.31. The Labute approximate surface area is 132 Å². The molecular weight excluding hydrogens is 339 g/mol. The van der Waals surface area contributed by atoms with E-state index < -0.39 is 10.0 Å². The summed E-state index contributed by atoms with van der Waals surface area (Å²) in [5, 5.41) is 7.58. The first kappa shape index (κ1) is 16.5. The predicted octanol–water partition coefficient (Wildman–Crippen LogP) is 2.15. The zero-order chi connectivity index (χ0) is 15.6. The number of hydrogen-bond acceptors (Lipinski definition) is 4. The monoisotopic (exact) mass is 352 g/mol. The van der Waals surface area contributed by atoms with Gasteiger partial charge < -0.3 is 10.1 Å². The molecule has 3 N–H and O–H groups in total. The van der Waals surface area contributed by atoms with Crippen LogP contribution in [0.15, 0.2) is 17.0 Å². The molecule has 1 saturated heterocycles. The molecule has 1 aliphatic heterocycles. The van der Waals surface area contributed by atoms with Crippen molar-refractivity contribution in [1.29, 1.82) is 0 Å². The van der Waals surface area contributed by atoms with Crippen LogP contribution in [-0.2, 0) is 19.6 Å². The molecule has 0 bridgehead atoms. The molecule has 0 saturated carbocycles.